The highest BCUT2D eigenvalue weighted by Gasteiger charge is 2.17. The molecule has 1 aliphatic heterocycles. The number of nitrogens with zero attached hydrogens (tertiary/aromatic N) is 1. The van der Waals surface area contributed by atoms with Crippen molar-refractivity contribution in [2.75, 3.05) is 19.6 Å². The zero-order valence-electron chi connectivity index (χ0n) is 10.5. The second-order valence-electron chi connectivity index (χ2n) is 4.91. The van der Waals surface area contributed by atoms with Crippen molar-refractivity contribution in [2.45, 2.75) is 32.7 Å². The molecular formula is C14H21BrN2. The van der Waals surface area contributed by atoms with Crippen LogP contribution in [0.4, 0.5) is 0 Å². The Morgan fingerprint density at radius 2 is 2.18 bits per heavy atom. The van der Waals surface area contributed by atoms with Gasteiger partial charge in [0.1, 0.15) is 0 Å². The topological polar surface area (TPSA) is 29.3 Å². The highest BCUT2D eigenvalue weighted by molar-refractivity contribution is 9.10. The normalized spacial score (nSPS) is 15.9. The number of fused-ring (bicyclic) bond motifs is 1. The quantitative estimate of drug-likeness (QED) is 0.866. The lowest BCUT2D eigenvalue weighted by atomic mass is 9.97. The largest absolute Gasteiger partial charge is 0.330 e. The smallest absolute Gasteiger partial charge is 0.0237 e. The Kier molecular flexibility index (Phi) is 4.60. The predicted molar refractivity (Wildman–Crippen MR) is 76.1 cm³/mol. The van der Waals surface area contributed by atoms with E-state index < -0.39 is 0 Å². The van der Waals surface area contributed by atoms with Crippen molar-refractivity contribution in [3.05, 3.63) is 33.3 Å². The number of unbranched alkanes of at least 4 members (excludes halogenated alkanes) is 1. The highest BCUT2D eigenvalue weighted by Crippen LogP contribution is 2.28. The van der Waals surface area contributed by atoms with Crippen LogP contribution < -0.4 is 5.73 Å². The molecule has 2 nitrogen and oxygen atoms in total. The maximum absolute atomic E-state index is 5.54. The minimum absolute atomic E-state index is 0.815. The molecule has 0 amide bonds. The SMILES string of the molecule is Cc1cc(Br)c2c(c1)CN(CCCCN)CC2. The molecule has 0 unspecified atom stereocenters. The van der Waals surface area contributed by atoms with Crippen LogP contribution in [0, 0.1) is 6.92 Å². The van der Waals surface area contributed by atoms with Crippen LogP contribution in [0.5, 0.6) is 0 Å². The number of aryl methyl sites for hydroxylation is 1. The van der Waals surface area contributed by atoms with Crippen LogP contribution in [-0.2, 0) is 13.0 Å². The number of nitrogens with two attached hydrogens (primary N) is 1. The Balaban J connectivity index is 2.03. The van der Waals surface area contributed by atoms with Crippen LogP contribution in [0.3, 0.4) is 0 Å². The molecule has 0 aromatic heterocycles. The van der Waals surface area contributed by atoms with E-state index in [1.54, 1.807) is 0 Å². The molecule has 1 aromatic carbocycles. The second-order valence-corrected chi connectivity index (χ2v) is 5.76. The summed E-state index contributed by atoms with van der Waals surface area (Å²) in [5, 5.41) is 0. The minimum atomic E-state index is 0.815. The Morgan fingerprint density at radius 3 is 2.94 bits per heavy atom. The molecule has 1 aromatic rings. The van der Waals surface area contributed by atoms with Crippen molar-refractivity contribution in [3.8, 4) is 0 Å². The molecule has 0 fully saturated rings. The zero-order chi connectivity index (χ0) is 12.3. The average molecular weight is 297 g/mol. The van der Waals surface area contributed by atoms with Gasteiger partial charge >= 0.3 is 0 Å². The Hall–Kier alpha value is -0.380. The molecular weight excluding hydrogens is 276 g/mol. The van der Waals surface area contributed by atoms with Crippen LogP contribution in [-0.4, -0.2) is 24.5 Å². The van der Waals surface area contributed by atoms with E-state index >= 15 is 0 Å². The first kappa shape index (κ1) is 13.1. The molecule has 94 valence electrons. The van der Waals surface area contributed by atoms with E-state index in [-0.39, 0.29) is 0 Å². The number of hydrogen-bond acceptors (Lipinski definition) is 2. The zero-order valence-corrected chi connectivity index (χ0v) is 12.1. The lowest BCUT2D eigenvalue weighted by Gasteiger charge is -2.29. The predicted octanol–water partition coefficient (Wildman–Crippen LogP) is 2.85. The van der Waals surface area contributed by atoms with Gasteiger partial charge in [0.25, 0.3) is 0 Å². The average Bonchev–Trinajstić information content (AvgIpc) is 2.28. The van der Waals surface area contributed by atoms with Gasteiger partial charge in [0.2, 0.25) is 0 Å². The summed E-state index contributed by atoms with van der Waals surface area (Å²) >= 11 is 3.68. The minimum Gasteiger partial charge on any atom is -0.330 e. The first-order valence-electron chi connectivity index (χ1n) is 6.41. The third-order valence-electron chi connectivity index (χ3n) is 3.43. The monoisotopic (exact) mass is 296 g/mol. The van der Waals surface area contributed by atoms with Gasteiger partial charge in [-0.1, -0.05) is 22.0 Å². The molecule has 0 radical (unpaired) electrons. The summed E-state index contributed by atoms with van der Waals surface area (Å²) in [7, 11) is 0. The van der Waals surface area contributed by atoms with E-state index in [0.717, 1.165) is 19.5 Å². The van der Waals surface area contributed by atoms with Gasteiger partial charge in [-0.25, -0.2) is 0 Å². The van der Waals surface area contributed by atoms with Gasteiger partial charge < -0.3 is 5.73 Å². The summed E-state index contributed by atoms with van der Waals surface area (Å²) in [5.41, 5.74) is 9.88. The molecule has 2 N–H and O–H groups in total. The lowest BCUT2D eigenvalue weighted by molar-refractivity contribution is 0.249. The maximum atomic E-state index is 5.54. The summed E-state index contributed by atoms with van der Waals surface area (Å²) in [5.74, 6) is 0. The van der Waals surface area contributed by atoms with Crippen molar-refractivity contribution in [3.63, 3.8) is 0 Å². The van der Waals surface area contributed by atoms with E-state index in [4.69, 9.17) is 5.73 Å². The van der Waals surface area contributed by atoms with E-state index in [9.17, 15) is 0 Å². The van der Waals surface area contributed by atoms with Gasteiger partial charge in [0.15, 0.2) is 0 Å². The van der Waals surface area contributed by atoms with Crippen molar-refractivity contribution < 1.29 is 0 Å². The molecule has 3 heteroatoms. The molecule has 0 saturated carbocycles. The van der Waals surface area contributed by atoms with Crippen LogP contribution in [0.1, 0.15) is 29.5 Å². The standard InChI is InChI=1S/C14H21BrN2/c1-11-8-12-10-17(6-3-2-5-16)7-4-13(12)14(15)9-11/h8-9H,2-7,10,16H2,1H3. The molecule has 2 rings (SSSR count). The molecule has 0 spiro atoms. The summed E-state index contributed by atoms with van der Waals surface area (Å²) in [6, 6.07) is 4.55. The van der Waals surface area contributed by atoms with Crippen molar-refractivity contribution in [1.29, 1.82) is 0 Å². The number of rotatable bonds is 4. The molecule has 17 heavy (non-hydrogen) atoms. The van der Waals surface area contributed by atoms with Crippen molar-refractivity contribution in [1.82, 2.24) is 4.90 Å². The summed E-state index contributed by atoms with van der Waals surface area (Å²) < 4.78 is 1.29. The van der Waals surface area contributed by atoms with Gasteiger partial charge in [-0.15, -0.1) is 0 Å². The summed E-state index contributed by atoms with van der Waals surface area (Å²) in [4.78, 5) is 2.55. The third-order valence-corrected chi connectivity index (χ3v) is 4.14. The fourth-order valence-corrected chi connectivity index (χ4v) is 3.34. The first-order chi connectivity index (χ1) is 8.20. The molecule has 1 heterocycles. The van der Waals surface area contributed by atoms with Crippen molar-refractivity contribution >= 4 is 15.9 Å². The number of hydrogen-bond donors (Lipinski definition) is 1. The maximum Gasteiger partial charge on any atom is 0.0237 e. The number of benzene rings is 1. The molecule has 1 aliphatic rings. The Morgan fingerprint density at radius 1 is 1.35 bits per heavy atom. The van der Waals surface area contributed by atoms with E-state index in [1.807, 2.05) is 0 Å². The fourth-order valence-electron chi connectivity index (χ4n) is 2.53. The molecule has 0 saturated heterocycles. The van der Waals surface area contributed by atoms with Crippen LogP contribution in [0.15, 0.2) is 16.6 Å². The van der Waals surface area contributed by atoms with E-state index in [1.165, 1.54) is 47.1 Å². The van der Waals surface area contributed by atoms with Crippen LogP contribution in [0.2, 0.25) is 0 Å². The van der Waals surface area contributed by atoms with E-state index in [0.29, 0.717) is 0 Å². The summed E-state index contributed by atoms with van der Waals surface area (Å²) in [6.07, 6.45) is 3.53. The Bertz CT molecular complexity index is 390. The second kappa shape index (κ2) is 5.98. The van der Waals surface area contributed by atoms with Crippen LogP contribution >= 0.6 is 15.9 Å². The van der Waals surface area contributed by atoms with E-state index in [2.05, 4.69) is 39.9 Å². The molecule has 0 aliphatic carbocycles. The van der Waals surface area contributed by atoms with Crippen LogP contribution in [0.25, 0.3) is 0 Å². The fraction of sp³-hybridized carbons (Fsp3) is 0.571. The summed E-state index contributed by atoms with van der Waals surface area (Å²) in [6.45, 7) is 6.44. The lowest BCUT2D eigenvalue weighted by Crippen LogP contribution is -2.31. The Labute approximate surface area is 112 Å². The highest BCUT2D eigenvalue weighted by atomic mass is 79.9. The van der Waals surface area contributed by atoms with Gasteiger partial charge in [-0.2, -0.15) is 0 Å². The third kappa shape index (κ3) is 3.30. The van der Waals surface area contributed by atoms with Gasteiger partial charge in [0, 0.05) is 17.6 Å². The number of halogens is 1. The van der Waals surface area contributed by atoms with Crippen molar-refractivity contribution in [2.24, 2.45) is 5.73 Å². The molecule has 0 atom stereocenters. The van der Waals surface area contributed by atoms with Gasteiger partial charge in [0.05, 0.1) is 0 Å². The van der Waals surface area contributed by atoms with Gasteiger partial charge in [-0.05, 0) is 62.0 Å². The van der Waals surface area contributed by atoms with Gasteiger partial charge in [-0.3, -0.25) is 4.90 Å². The molecule has 0 bridgehead atoms. The first-order valence-corrected chi connectivity index (χ1v) is 7.20.